The Bertz CT molecular complexity index is 1180. The molecule has 2 aromatic heterocycles. The van der Waals surface area contributed by atoms with E-state index in [1.165, 1.54) is 25.4 Å². The maximum Gasteiger partial charge on any atom is 0.263 e. The van der Waals surface area contributed by atoms with Crippen molar-refractivity contribution in [2.75, 3.05) is 25.5 Å². The van der Waals surface area contributed by atoms with Gasteiger partial charge in [-0.3, -0.25) is 9.59 Å². The van der Waals surface area contributed by atoms with Gasteiger partial charge in [0, 0.05) is 31.5 Å². The van der Waals surface area contributed by atoms with Crippen LogP contribution in [0.2, 0.25) is 0 Å². The van der Waals surface area contributed by atoms with Crippen molar-refractivity contribution in [3.05, 3.63) is 81.7 Å². The van der Waals surface area contributed by atoms with Gasteiger partial charge in [0.05, 0.1) is 13.7 Å². The van der Waals surface area contributed by atoms with E-state index in [0.717, 1.165) is 29.5 Å². The van der Waals surface area contributed by atoms with Crippen molar-refractivity contribution < 1.29 is 22.7 Å². The van der Waals surface area contributed by atoms with Gasteiger partial charge in [0.15, 0.2) is 17.5 Å². The lowest BCUT2D eigenvalue weighted by molar-refractivity contribution is 0.0951. The first-order valence-corrected chi connectivity index (χ1v) is 10.6. The van der Waals surface area contributed by atoms with Crippen LogP contribution in [0.3, 0.4) is 0 Å². The molecule has 0 aliphatic heterocycles. The van der Waals surface area contributed by atoms with Crippen LogP contribution in [0.4, 0.5) is 19.1 Å². The molecule has 0 saturated carbocycles. The first-order valence-electron chi connectivity index (χ1n) is 10.6. The van der Waals surface area contributed by atoms with E-state index < -0.39 is 28.9 Å². The van der Waals surface area contributed by atoms with E-state index in [-0.39, 0.29) is 17.7 Å². The topological polar surface area (TPSA) is 98.1 Å². The summed E-state index contributed by atoms with van der Waals surface area (Å²) in [6.07, 6.45) is 5.31. The normalized spacial score (nSPS) is 10.7. The van der Waals surface area contributed by atoms with Crippen LogP contribution in [0, 0.1) is 17.5 Å². The highest BCUT2D eigenvalue weighted by atomic mass is 19.2. The second-order valence-corrected chi connectivity index (χ2v) is 7.39. The molecule has 3 aromatic rings. The van der Waals surface area contributed by atoms with Crippen molar-refractivity contribution in [2.45, 2.75) is 25.8 Å². The summed E-state index contributed by atoms with van der Waals surface area (Å²) in [4.78, 5) is 33.3. The molecule has 8 nitrogen and oxygen atoms in total. The van der Waals surface area contributed by atoms with Gasteiger partial charge in [0.1, 0.15) is 5.56 Å². The first kappa shape index (κ1) is 24.7. The zero-order chi connectivity index (χ0) is 24.5. The third kappa shape index (κ3) is 6.56. The highest BCUT2D eigenvalue weighted by Gasteiger charge is 2.14. The van der Waals surface area contributed by atoms with E-state index in [2.05, 4.69) is 20.6 Å². The largest absolute Gasteiger partial charge is 0.481 e. The fourth-order valence-electron chi connectivity index (χ4n) is 3.20. The van der Waals surface area contributed by atoms with Crippen LogP contribution in [0.25, 0.3) is 0 Å². The Morgan fingerprint density at radius 3 is 2.56 bits per heavy atom. The fourth-order valence-corrected chi connectivity index (χ4v) is 3.20. The number of nitrogens with zero attached hydrogens (tertiary/aromatic N) is 3. The molecule has 11 heteroatoms. The first-order chi connectivity index (χ1) is 16.4. The monoisotopic (exact) mass is 475 g/mol. The van der Waals surface area contributed by atoms with Gasteiger partial charge in [-0.05, 0) is 49.1 Å². The third-order valence-electron chi connectivity index (χ3n) is 4.92. The number of amides is 1. The molecule has 1 amide bonds. The summed E-state index contributed by atoms with van der Waals surface area (Å²) in [7, 11) is 1.53. The molecule has 0 atom stereocenters. The Hall–Kier alpha value is -3.89. The number of methoxy groups -OCH3 is 1. The van der Waals surface area contributed by atoms with Crippen molar-refractivity contribution in [2.24, 2.45) is 0 Å². The van der Waals surface area contributed by atoms with Gasteiger partial charge in [-0.1, -0.05) is 0 Å². The molecule has 0 bridgehead atoms. The number of carbonyl (C=O) groups is 1. The number of unbranched alkanes of at least 4 members (excludes halogenated alkanes) is 2. The van der Waals surface area contributed by atoms with Gasteiger partial charge in [0.2, 0.25) is 11.8 Å². The SMILES string of the molecule is COc1ccnc(NCCCCCNC(=O)c2cccn(Cc3cc(F)c(F)c(F)c3)c2=O)n1. The Morgan fingerprint density at radius 2 is 1.82 bits per heavy atom. The maximum atomic E-state index is 13.4. The van der Waals surface area contributed by atoms with Crippen LogP contribution < -0.4 is 20.9 Å². The van der Waals surface area contributed by atoms with E-state index in [1.807, 2.05) is 0 Å². The van der Waals surface area contributed by atoms with Crippen LogP contribution in [0.1, 0.15) is 35.2 Å². The van der Waals surface area contributed by atoms with Gasteiger partial charge in [0.25, 0.3) is 11.5 Å². The smallest absolute Gasteiger partial charge is 0.263 e. The number of anilines is 1. The van der Waals surface area contributed by atoms with Crippen molar-refractivity contribution in [1.29, 1.82) is 0 Å². The summed E-state index contributed by atoms with van der Waals surface area (Å²) in [6, 6.07) is 6.13. The Morgan fingerprint density at radius 1 is 1.09 bits per heavy atom. The highest BCUT2D eigenvalue weighted by Crippen LogP contribution is 2.14. The summed E-state index contributed by atoms with van der Waals surface area (Å²) in [5.41, 5.74) is -0.654. The number of carbonyl (C=O) groups excluding carboxylic acids is 1. The van der Waals surface area contributed by atoms with Crippen LogP contribution in [-0.2, 0) is 6.54 Å². The number of pyridine rings is 1. The lowest BCUT2D eigenvalue weighted by Gasteiger charge is -2.10. The van der Waals surface area contributed by atoms with Crippen LogP contribution >= 0.6 is 0 Å². The van der Waals surface area contributed by atoms with E-state index in [0.29, 0.717) is 31.3 Å². The standard InChI is InChI=1S/C23H24F3N5O3/c1-34-19-7-10-29-23(30-19)28-9-4-2-3-8-27-21(32)16-6-5-11-31(22(16)33)14-15-12-17(24)20(26)18(25)13-15/h5-7,10-13H,2-4,8-9,14H2,1H3,(H,27,32)(H,28,29,30). The summed E-state index contributed by atoms with van der Waals surface area (Å²) in [5, 5.41) is 5.78. The highest BCUT2D eigenvalue weighted by molar-refractivity contribution is 5.93. The second kappa shape index (κ2) is 11.8. The molecule has 2 N–H and O–H groups in total. The van der Waals surface area contributed by atoms with Gasteiger partial charge in [-0.15, -0.1) is 0 Å². The molecule has 0 spiro atoms. The Kier molecular flexibility index (Phi) is 8.60. The molecule has 3 rings (SSSR count). The molecule has 0 aliphatic rings. The van der Waals surface area contributed by atoms with E-state index in [4.69, 9.17) is 4.74 Å². The van der Waals surface area contributed by atoms with Crippen LogP contribution in [0.15, 0.2) is 47.5 Å². The number of benzene rings is 1. The molecular weight excluding hydrogens is 451 g/mol. The quantitative estimate of drug-likeness (QED) is 0.327. The lowest BCUT2D eigenvalue weighted by atomic mass is 10.2. The third-order valence-corrected chi connectivity index (χ3v) is 4.92. The predicted molar refractivity (Wildman–Crippen MR) is 119 cm³/mol. The summed E-state index contributed by atoms with van der Waals surface area (Å²) in [5.74, 6) is -3.87. The fraction of sp³-hybridized carbons (Fsp3) is 0.304. The molecule has 1 aromatic carbocycles. The molecule has 2 heterocycles. The average molecular weight is 475 g/mol. The second-order valence-electron chi connectivity index (χ2n) is 7.39. The minimum Gasteiger partial charge on any atom is -0.481 e. The number of nitrogens with one attached hydrogen (secondary N) is 2. The van der Waals surface area contributed by atoms with Gasteiger partial charge < -0.3 is 19.9 Å². The number of hydrogen-bond acceptors (Lipinski definition) is 6. The van der Waals surface area contributed by atoms with Crippen molar-refractivity contribution in [1.82, 2.24) is 19.9 Å². The number of ether oxygens (including phenoxy) is 1. The predicted octanol–water partition coefficient (Wildman–Crippen LogP) is 3.12. The summed E-state index contributed by atoms with van der Waals surface area (Å²) < 4.78 is 46.2. The molecule has 0 unspecified atom stereocenters. The van der Waals surface area contributed by atoms with E-state index >= 15 is 0 Å². The van der Waals surface area contributed by atoms with Crippen LogP contribution in [0.5, 0.6) is 5.88 Å². The number of halogens is 3. The maximum absolute atomic E-state index is 13.4. The number of rotatable bonds is 11. The number of hydrogen-bond donors (Lipinski definition) is 2. The van der Waals surface area contributed by atoms with Crippen molar-refractivity contribution >= 4 is 11.9 Å². The molecule has 34 heavy (non-hydrogen) atoms. The molecule has 0 radical (unpaired) electrons. The molecular formula is C23H24F3N5O3. The van der Waals surface area contributed by atoms with Crippen molar-refractivity contribution in [3.8, 4) is 5.88 Å². The lowest BCUT2D eigenvalue weighted by Crippen LogP contribution is -2.33. The molecule has 0 aliphatic carbocycles. The molecule has 0 fully saturated rings. The van der Waals surface area contributed by atoms with Gasteiger partial charge in [-0.2, -0.15) is 4.98 Å². The molecule has 180 valence electrons. The van der Waals surface area contributed by atoms with Crippen LogP contribution in [-0.4, -0.2) is 40.6 Å². The zero-order valence-electron chi connectivity index (χ0n) is 18.5. The summed E-state index contributed by atoms with van der Waals surface area (Å²) >= 11 is 0. The minimum absolute atomic E-state index is 0.0593. The average Bonchev–Trinajstić information content (AvgIpc) is 2.83. The van der Waals surface area contributed by atoms with E-state index in [1.54, 1.807) is 12.3 Å². The van der Waals surface area contributed by atoms with Crippen molar-refractivity contribution in [3.63, 3.8) is 0 Å². The Balaban J connectivity index is 1.45. The minimum atomic E-state index is -1.58. The summed E-state index contributed by atoms with van der Waals surface area (Å²) in [6.45, 7) is 0.810. The number of aromatic nitrogens is 3. The van der Waals surface area contributed by atoms with E-state index in [9.17, 15) is 22.8 Å². The van der Waals surface area contributed by atoms with Gasteiger partial charge >= 0.3 is 0 Å². The molecule has 0 saturated heterocycles. The zero-order valence-corrected chi connectivity index (χ0v) is 18.5. The Labute approximate surface area is 193 Å². The van der Waals surface area contributed by atoms with Gasteiger partial charge in [-0.25, -0.2) is 18.2 Å².